The van der Waals surface area contributed by atoms with Gasteiger partial charge in [0.15, 0.2) is 0 Å². The van der Waals surface area contributed by atoms with E-state index in [4.69, 9.17) is 0 Å². The Balaban J connectivity index is 3.85. The predicted molar refractivity (Wildman–Crippen MR) is 62.2 cm³/mol. The van der Waals surface area contributed by atoms with Gasteiger partial charge in [-0.1, -0.05) is 20.8 Å². The third kappa shape index (κ3) is 7.44. The number of carbonyl (C=O) groups is 1. The number of ketones is 1. The maximum Gasteiger partial charge on any atom is 0.149 e. The van der Waals surface area contributed by atoms with E-state index in [0.29, 0.717) is 12.5 Å². The second kappa shape index (κ2) is 8.79. The summed E-state index contributed by atoms with van der Waals surface area (Å²) in [6.45, 7) is 6.75. The minimum atomic E-state index is -0.0406. The molecule has 0 aliphatic heterocycles. The highest BCUT2D eigenvalue weighted by atomic mass is 16.1. The van der Waals surface area contributed by atoms with Gasteiger partial charge in [0.25, 0.3) is 0 Å². The molecule has 5 heteroatoms. The highest BCUT2D eigenvalue weighted by Crippen LogP contribution is 1.98. The Bertz CT molecular complexity index is 173. The molecule has 5 nitrogen and oxygen atoms in total. The van der Waals surface area contributed by atoms with Crippen molar-refractivity contribution in [3.63, 3.8) is 0 Å². The second-order valence-electron chi connectivity index (χ2n) is 3.78. The summed E-state index contributed by atoms with van der Waals surface area (Å²) < 4.78 is 0. The van der Waals surface area contributed by atoms with Gasteiger partial charge in [-0.05, 0) is 13.5 Å². The number of rotatable bonds is 9. The van der Waals surface area contributed by atoms with Crippen LogP contribution >= 0.6 is 0 Å². The fourth-order valence-corrected chi connectivity index (χ4v) is 1.35. The smallest absolute Gasteiger partial charge is 0.149 e. The SMILES string of the molecule is CCC(=O)C(CCNNNC)NC(C)C. The molecule has 0 aliphatic rings. The van der Waals surface area contributed by atoms with Gasteiger partial charge in [0, 0.05) is 19.0 Å². The normalized spacial score (nSPS) is 13.1. The van der Waals surface area contributed by atoms with Gasteiger partial charge in [-0.25, -0.2) is 10.9 Å². The summed E-state index contributed by atoms with van der Waals surface area (Å²) in [4.78, 5) is 11.6. The van der Waals surface area contributed by atoms with Gasteiger partial charge in [0.1, 0.15) is 5.78 Å². The topological polar surface area (TPSA) is 65.2 Å². The van der Waals surface area contributed by atoms with E-state index in [-0.39, 0.29) is 11.8 Å². The summed E-state index contributed by atoms with van der Waals surface area (Å²) in [5.74, 6) is 0.273. The molecule has 0 fully saturated rings. The Hall–Kier alpha value is -0.490. The zero-order chi connectivity index (χ0) is 11.7. The zero-order valence-electron chi connectivity index (χ0n) is 10.2. The van der Waals surface area contributed by atoms with E-state index in [9.17, 15) is 4.79 Å². The van der Waals surface area contributed by atoms with E-state index in [1.165, 1.54) is 0 Å². The number of hydrogen-bond donors (Lipinski definition) is 4. The van der Waals surface area contributed by atoms with E-state index in [2.05, 4.69) is 35.6 Å². The standard InChI is InChI=1S/C10H24N4O/c1-5-10(15)9(13-8(2)3)6-7-12-14-11-4/h8-9,11-14H,5-7H2,1-4H3. The summed E-state index contributed by atoms with van der Waals surface area (Å²) in [6.07, 6.45) is 1.38. The molecular weight excluding hydrogens is 192 g/mol. The van der Waals surface area contributed by atoms with E-state index >= 15 is 0 Å². The van der Waals surface area contributed by atoms with Crippen LogP contribution in [0.3, 0.4) is 0 Å². The average Bonchev–Trinajstić information content (AvgIpc) is 2.21. The van der Waals surface area contributed by atoms with Crippen LogP contribution in [0.2, 0.25) is 0 Å². The van der Waals surface area contributed by atoms with Crippen molar-refractivity contribution in [1.82, 2.24) is 21.7 Å². The maximum absolute atomic E-state index is 11.6. The summed E-state index contributed by atoms with van der Waals surface area (Å²) in [6, 6.07) is 0.295. The van der Waals surface area contributed by atoms with Crippen LogP contribution in [0.1, 0.15) is 33.6 Å². The quantitative estimate of drug-likeness (QED) is 0.321. The molecule has 1 atom stereocenters. The van der Waals surface area contributed by atoms with Crippen molar-refractivity contribution in [2.24, 2.45) is 0 Å². The lowest BCUT2D eigenvalue weighted by molar-refractivity contribution is -0.121. The van der Waals surface area contributed by atoms with Gasteiger partial charge in [0.05, 0.1) is 6.04 Å². The Labute approximate surface area is 92.3 Å². The molecule has 0 amide bonds. The zero-order valence-corrected chi connectivity index (χ0v) is 10.2. The molecule has 90 valence electrons. The molecule has 0 aromatic heterocycles. The summed E-state index contributed by atoms with van der Waals surface area (Å²) >= 11 is 0. The monoisotopic (exact) mass is 216 g/mol. The molecule has 0 aromatic rings. The van der Waals surface area contributed by atoms with E-state index in [1.54, 1.807) is 7.05 Å². The van der Waals surface area contributed by atoms with Crippen LogP contribution in [-0.4, -0.2) is 31.5 Å². The van der Waals surface area contributed by atoms with Crippen LogP contribution in [0, 0.1) is 0 Å². The Morgan fingerprint density at radius 3 is 2.47 bits per heavy atom. The minimum absolute atomic E-state index is 0.0406. The molecule has 0 bridgehead atoms. The lowest BCUT2D eigenvalue weighted by atomic mass is 10.1. The molecule has 15 heavy (non-hydrogen) atoms. The second-order valence-corrected chi connectivity index (χ2v) is 3.78. The van der Waals surface area contributed by atoms with Gasteiger partial charge in [0.2, 0.25) is 0 Å². The number of nitrogens with one attached hydrogen (secondary N) is 4. The highest BCUT2D eigenvalue weighted by Gasteiger charge is 2.16. The molecule has 4 N–H and O–H groups in total. The predicted octanol–water partition coefficient (Wildman–Crippen LogP) is -0.0492. The molecular formula is C10H24N4O. The highest BCUT2D eigenvalue weighted by molar-refractivity contribution is 5.83. The van der Waals surface area contributed by atoms with Crippen LogP contribution in [0.15, 0.2) is 0 Å². The number of hydrogen-bond acceptors (Lipinski definition) is 5. The van der Waals surface area contributed by atoms with Crippen LogP contribution in [0.4, 0.5) is 0 Å². The molecule has 0 rings (SSSR count). The van der Waals surface area contributed by atoms with Gasteiger partial charge >= 0.3 is 0 Å². The lowest BCUT2D eigenvalue weighted by Crippen LogP contribution is -2.46. The van der Waals surface area contributed by atoms with Crippen molar-refractivity contribution in [2.45, 2.75) is 45.7 Å². The summed E-state index contributed by atoms with van der Waals surface area (Å²) in [5.41, 5.74) is 8.50. The minimum Gasteiger partial charge on any atom is -0.305 e. The average molecular weight is 216 g/mol. The first-order chi connectivity index (χ1) is 7.11. The first-order valence-corrected chi connectivity index (χ1v) is 5.55. The van der Waals surface area contributed by atoms with Gasteiger partial charge in [-0.15, -0.1) is 0 Å². The Morgan fingerprint density at radius 1 is 1.33 bits per heavy atom. The van der Waals surface area contributed by atoms with Crippen LogP contribution in [-0.2, 0) is 4.79 Å². The fourth-order valence-electron chi connectivity index (χ4n) is 1.35. The molecule has 0 saturated heterocycles. The molecule has 0 saturated carbocycles. The molecule has 1 unspecified atom stereocenters. The van der Waals surface area contributed by atoms with Crippen LogP contribution in [0.25, 0.3) is 0 Å². The lowest BCUT2D eigenvalue weighted by Gasteiger charge is -2.19. The molecule has 0 aliphatic carbocycles. The van der Waals surface area contributed by atoms with Gasteiger partial charge in [-0.3, -0.25) is 4.79 Å². The van der Waals surface area contributed by atoms with Crippen molar-refractivity contribution in [2.75, 3.05) is 13.6 Å². The molecule has 0 heterocycles. The first-order valence-electron chi connectivity index (χ1n) is 5.55. The van der Waals surface area contributed by atoms with Crippen LogP contribution in [0.5, 0.6) is 0 Å². The van der Waals surface area contributed by atoms with Crippen molar-refractivity contribution in [3.8, 4) is 0 Å². The van der Waals surface area contributed by atoms with Gasteiger partial charge in [-0.2, -0.15) is 5.53 Å². The van der Waals surface area contributed by atoms with E-state index in [1.807, 2.05) is 6.92 Å². The Kier molecular flexibility index (Phi) is 8.50. The first kappa shape index (κ1) is 14.5. The molecule has 0 radical (unpaired) electrons. The van der Waals surface area contributed by atoms with Crippen molar-refractivity contribution >= 4 is 5.78 Å². The largest absolute Gasteiger partial charge is 0.305 e. The van der Waals surface area contributed by atoms with Crippen LogP contribution < -0.4 is 21.7 Å². The van der Waals surface area contributed by atoms with Crippen molar-refractivity contribution in [1.29, 1.82) is 0 Å². The number of hydrazine groups is 2. The van der Waals surface area contributed by atoms with E-state index < -0.39 is 0 Å². The summed E-state index contributed by atoms with van der Waals surface area (Å²) in [5, 5.41) is 3.27. The van der Waals surface area contributed by atoms with Gasteiger partial charge < -0.3 is 5.32 Å². The van der Waals surface area contributed by atoms with Crippen molar-refractivity contribution < 1.29 is 4.79 Å². The molecule has 0 spiro atoms. The maximum atomic E-state index is 11.6. The third-order valence-corrected chi connectivity index (χ3v) is 2.04. The fraction of sp³-hybridized carbons (Fsp3) is 0.900. The number of Topliss-reactive ketones (excluding diaryl/α,β-unsaturated/α-hetero) is 1. The molecule has 0 aromatic carbocycles. The summed E-state index contributed by atoms with van der Waals surface area (Å²) in [7, 11) is 1.79. The van der Waals surface area contributed by atoms with E-state index in [0.717, 1.165) is 13.0 Å². The van der Waals surface area contributed by atoms with Crippen molar-refractivity contribution in [3.05, 3.63) is 0 Å². The number of carbonyl (C=O) groups excluding carboxylic acids is 1. The Morgan fingerprint density at radius 2 is 2.00 bits per heavy atom. The third-order valence-electron chi connectivity index (χ3n) is 2.04.